The standard InChI is InChI=1S/C16H15N3O/c1-11-14(9-17)10-18-16(19-11)20-15-7-6-12-4-2-3-5-13(12)8-15/h2-8,10H,9,17H2,1H3. The molecule has 4 heteroatoms. The van der Waals surface area contributed by atoms with Crippen LogP contribution in [0.2, 0.25) is 0 Å². The largest absolute Gasteiger partial charge is 0.424 e. The number of fused-ring (bicyclic) bond motifs is 1. The highest BCUT2D eigenvalue weighted by molar-refractivity contribution is 5.83. The van der Waals surface area contributed by atoms with Crippen molar-refractivity contribution in [3.63, 3.8) is 0 Å². The van der Waals surface area contributed by atoms with Crippen LogP contribution < -0.4 is 10.5 Å². The van der Waals surface area contributed by atoms with Crippen molar-refractivity contribution in [3.8, 4) is 11.8 Å². The van der Waals surface area contributed by atoms with Crippen LogP contribution in [0.25, 0.3) is 10.8 Å². The number of aryl methyl sites for hydroxylation is 1. The first kappa shape index (κ1) is 12.6. The number of ether oxygens (including phenoxy) is 1. The summed E-state index contributed by atoms with van der Waals surface area (Å²) in [5.74, 6) is 0.726. The Morgan fingerprint density at radius 1 is 1.10 bits per heavy atom. The Morgan fingerprint density at radius 3 is 2.65 bits per heavy atom. The van der Waals surface area contributed by atoms with Crippen LogP contribution in [0.1, 0.15) is 11.3 Å². The molecule has 0 radical (unpaired) electrons. The maximum atomic E-state index is 5.70. The Balaban J connectivity index is 1.90. The van der Waals surface area contributed by atoms with Gasteiger partial charge in [0.15, 0.2) is 0 Å². The lowest BCUT2D eigenvalue weighted by Gasteiger charge is -2.07. The summed E-state index contributed by atoms with van der Waals surface area (Å²) in [5, 5.41) is 2.30. The zero-order valence-electron chi connectivity index (χ0n) is 11.2. The second-order valence-electron chi connectivity index (χ2n) is 4.58. The fourth-order valence-electron chi connectivity index (χ4n) is 2.06. The van der Waals surface area contributed by atoms with Crippen LogP contribution in [-0.2, 0) is 6.54 Å². The van der Waals surface area contributed by atoms with E-state index in [0.29, 0.717) is 12.6 Å². The number of aromatic nitrogens is 2. The first-order chi connectivity index (χ1) is 9.76. The third-order valence-electron chi connectivity index (χ3n) is 3.21. The van der Waals surface area contributed by atoms with Crippen molar-refractivity contribution in [2.45, 2.75) is 13.5 Å². The van der Waals surface area contributed by atoms with Crippen LogP contribution in [0, 0.1) is 6.92 Å². The van der Waals surface area contributed by atoms with Gasteiger partial charge >= 0.3 is 6.01 Å². The van der Waals surface area contributed by atoms with E-state index in [9.17, 15) is 0 Å². The van der Waals surface area contributed by atoms with E-state index in [1.165, 1.54) is 5.39 Å². The van der Waals surface area contributed by atoms with Gasteiger partial charge in [0.1, 0.15) is 5.75 Å². The van der Waals surface area contributed by atoms with Gasteiger partial charge in [0.05, 0.1) is 0 Å². The van der Waals surface area contributed by atoms with Crippen LogP contribution in [0.3, 0.4) is 0 Å². The third-order valence-corrected chi connectivity index (χ3v) is 3.21. The van der Waals surface area contributed by atoms with Crippen LogP contribution in [0.5, 0.6) is 11.8 Å². The van der Waals surface area contributed by atoms with Gasteiger partial charge in [0.25, 0.3) is 0 Å². The molecule has 20 heavy (non-hydrogen) atoms. The number of nitrogens with two attached hydrogens (primary N) is 1. The molecule has 0 fully saturated rings. The van der Waals surface area contributed by atoms with E-state index in [4.69, 9.17) is 10.5 Å². The van der Waals surface area contributed by atoms with Gasteiger partial charge in [-0.05, 0) is 29.8 Å². The molecule has 2 N–H and O–H groups in total. The molecule has 0 aliphatic rings. The maximum absolute atomic E-state index is 5.70. The third kappa shape index (κ3) is 2.46. The van der Waals surface area contributed by atoms with Crippen molar-refractivity contribution in [2.24, 2.45) is 5.73 Å². The quantitative estimate of drug-likeness (QED) is 0.790. The molecule has 3 aromatic rings. The molecule has 0 amide bonds. The van der Waals surface area contributed by atoms with Crippen molar-refractivity contribution in [1.82, 2.24) is 9.97 Å². The van der Waals surface area contributed by atoms with Gasteiger partial charge in [-0.2, -0.15) is 4.98 Å². The van der Waals surface area contributed by atoms with Gasteiger partial charge in [-0.15, -0.1) is 0 Å². The monoisotopic (exact) mass is 265 g/mol. The summed E-state index contributed by atoms with van der Waals surface area (Å²) in [6.45, 7) is 2.33. The van der Waals surface area contributed by atoms with Crippen molar-refractivity contribution >= 4 is 10.8 Å². The van der Waals surface area contributed by atoms with Crippen molar-refractivity contribution in [3.05, 3.63) is 59.9 Å². The number of hydrogen-bond donors (Lipinski definition) is 1. The van der Waals surface area contributed by atoms with E-state index in [1.54, 1.807) is 6.20 Å². The van der Waals surface area contributed by atoms with Gasteiger partial charge in [-0.25, -0.2) is 4.98 Å². The predicted octanol–water partition coefficient (Wildman–Crippen LogP) is 3.19. The second kappa shape index (κ2) is 5.27. The summed E-state index contributed by atoms with van der Waals surface area (Å²) in [5.41, 5.74) is 7.37. The van der Waals surface area contributed by atoms with E-state index in [0.717, 1.165) is 22.4 Å². The summed E-state index contributed by atoms with van der Waals surface area (Å²) in [6.07, 6.45) is 1.71. The second-order valence-corrected chi connectivity index (χ2v) is 4.58. The summed E-state index contributed by atoms with van der Waals surface area (Å²) >= 11 is 0. The molecular formula is C16H15N3O. The van der Waals surface area contributed by atoms with Crippen molar-refractivity contribution in [1.29, 1.82) is 0 Å². The van der Waals surface area contributed by atoms with E-state index in [2.05, 4.69) is 16.0 Å². The van der Waals surface area contributed by atoms with E-state index in [1.807, 2.05) is 43.3 Å². The molecule has 0 saturated carbocycles. The Bertz CT molecular complexity index is 756. The summed E-state index contributed by atoms with van der Waals surface area (Å²) in [4.78, 5) is 8.48. The van der Waals surface area contributed by atoms with Gasteiger partial charge in [0.2, 0.25) is 0 Å². The lowest BCUT2D eigenvalue weighted by atomic mass is 10.1. The molecule has 0 bridgehead atoms. The molecule has 2 aromatic carbocycles. The molecule has 0 atom stereocenters. The van der Waals surface area contributed by atoms with Gasteiger partial charge in [-0.3, -0.25) is 0 Å². The molecule has 0 saturated heterocycles. The lowest BCUT2D eigenvalue weighted by molar-refractivity contribution is 0.440. The van der Waals surface area contributed by atoms with Crippen LogP contribution in [-0.4, -0.2) is 9.97 Å². The molecule has 0 aliphatic heterocycles. The number of rotatable bonds is 3. The molecule has 4 nitrogen and oxygen atoms in total. The van der Waals surface area contributed by atoms with Crippen molar-refractivity contribution < 1.29 is 4.74 Å². The summed E-state index contributed by atoms with van der Waals surface area (Å²) in [6, 6.07) is 14.4. The van der Waals surface area contributed by atoms with Gasteiger partial charge < -0.3 is 10.5 Å². The minimum Gasteiger partial charge on any atom is -0.424 e. The normalized spacial score (nSPS) is 10.7. The highest BCUT2D eigenvalue weighted by Gasteiger charge is 2.05. The maximum Gasteiger partial charge on any atom is 0.322 e. The molecule has 100 valence electrons. The predicted molar refractivity (Wildman–Crippen MR) is 78.7 cm³/mol. The van der Waals surface area contributed by atoms with Crippen LogP contribution in [0.15, 0.2) is 48.7 Å². The smallest absolute Gasteiger partial charge is 0.322 e. The average Bonchev–Trinajstić information content (AvgIpc) is 2.47. The van der Waals surface area contributed by atoms with E-state index in [-0.39, 0.29) is 0 Å². The first-order valence-electron chi connectivity index (χ1n) is 6.45. The summed E-state index contributed by atoms with van der Waals surface area (Å²) in [7, 11) is 0. The Morgan fingerprint density at radius 2 is 1.90 bits per heavy atom. The Kier molecular flexibility index (Phi) is 3.31. The van der Waals surface area contributed by atoms with Gasteiger partial charge in [0, 0.05) is 24.0 Å². The zero-order chi connectivity index (χ0) is 13.9. The van der Waals surface area contributed by atoms with E-state index >= 15 is 0 Å². The van der Waals surface area contributed by atoms with Crippen molar-refractivity contribution in [2.75, 3.05) is 0 Å². The van der Waals surface area contributed by atoms with Crippen LogP contribution >= 0.6 is 0 Å². The number of hydrogen-bond acceptors (Lipinski definition) is 4. The molecule has 1 aromatic heterocycles. The minimum absolute atomic E-state index is 0.343. The SMILES string of the molecule is Cc1nc(Oc2ccc3ccccc3c2)ncc1CN. The Hall–Kier alpha value is -2.46. The number of nitrogens with zero attached hydrogens (tertiary/aromatic N) is 2. The first-order valence-corrected chi connectivity index (χ1v) is 6.45. The average molecular weight is 265 g/mol. The fourth-order valence-corrected chi connectivity index (χ4v) is 2.06. The lowest BCUT2D eigenvalue weighted by Crippen LogP contribution is -2.03. The molecule has 1 heterocycles. The van der Waals surface area contributed by atoms with Gasteiger partial charge in [-0.1, -0.05) is 30.3 Å². The molecule has 0 unspecified atom stereocenters. The molecule has 0 spiro atoms. The molecule has 3 rings (SSSR count). The van der Waals surface area contributed by atoms with Crippen LogP contribution in [0.4, 0.5) is 0 Å². The number of benzene rings is 2. The zero-order valence-corrected chi connectivity index (χ0v) is 11.2. The molecule has 0 aliphatic carbocycles. The highest BCUT2D eigenvalue weighted by atomic mass is 16.5. The minimum atomic E-state index is 0.343. The Labute approximate surface area is 117 Å². The highest BCUT2D eigenvalue weighted by Crippen LogP contribution is 2.24. The summed E-state index contributed by atoms with van der Waals surface area (Å²) < 4.78 is 5.70. The van der Waals surface area contributed by atoms with E-state index < -0.39 is 0 Å². The topological polar surface area (TPSA) is 61.0 Å². The fraction of sp³-hybridized carbons (Fsp3) is 0.125. The molecular weight excluding hydrogens is 250 g/mol.